The molecule has 0 amide bonds. The number of halogens is 1. The van der Waals surface area contributed by atoms with Crippen LogP contribution >= 0.6 is 11.6 Å². The van der Waals surface area contributed by atoms with Gasteiger partial charge in [0, 0.05) is 23.2 Å². The van der Waals surface area contributed by atoms with Gasteiger partial charge in [0.05, 0.1) is 16.8 Å². The summed E-state index contributed by atoms with van der Waals surface area (Å²) < 4.78 is 0. The van der Waals surface area contributed by atoms with Crippen molar-refractivity contribution in [3.63, 3.8) is 0 Å². The number of anilines is 2. The van der Waals surface area contributed by atoms with Crippen molar-refractivity contribution in [2.75, 3.05) is 10.6 Å². The summed E-state index contributed by atoms with van der Waals surface area (Å²) in [5.74, 6) is 1.21. The molecule has 0 radical (unpaired) electrons. The highest BCUT2D eigenvalue weighted by Crippen LogP contribution is 2.34. The Balaban J connectivity index is 2.04. The van der Waals surface area contributed by atoms with E-state index in [2.05, 4.69) is 41.4 Å². The van der Waals surface area contributed by atoms with Gasteiger partial charge >= 0.3 is 0 Å². The number of fused-ring (bicyclic) bond motifs is 1. The Morgan fingerprint density at radius 2 is 1.88 bits per heavy atom. The minimum absolute atomic E-state index is 0.203. The molecule has 1 fully saturated rings. The van der Waals surface area contributed by atoms with Crippen LogP contribution in [0.3, 0.4) is 0 Å². The van der Waals surface area contributed by atoms with Crippen LogP contribution in [0.25, 0.3) is 10.9 Å². The first-order valence-corrected chi connectivity index (χ1v) is 9.71. The third kappa shape index (κ3) is 4.35. The van der Waals surface area contributed by atoms with Crippen molar-refractivity contribution in [1.82, 2.24) is 15.0 Å². The second-order valence-corrected chi connectivity index (χ2v) is 8.52. The summed E-state index contributed by atoms with van der Waals surface area (Å²) in [6.45, 7) is 7.82. The first-order valence-electron chi connectivity index (χ1n) is 9.33. The number of nitrogens with one attached hydrogen (secondary N) is 2. The number of aliphatic hydroxyl groups is 1. The van der Waals surface area contributed by atoms with Crippen molar-refractivity contribution in [2.24, 2.45) is 0 Å². The molecule has 3 N–H and O–H groups in total. The number of hydrogen-bond donors (Lipinski definition) is 3. The van der Waals surface area contributed by atoms with Crippen LogP contribution in [0.15, 0.2) is 6.20 Å². The summed E-state index contributed by atoms with van der Waals surface area (Å²) in [5, 5.41) is 18.0. The average Bonchev–Trinajstić information content (AvgIpc) is 2.57. The maximum absolute atomic E-state index is 10.0. The van der Waals surface area contributed by atoms with Crippen LogP contribution in [0.1, 0.15) is 71.6 Å². The van der Waals surface area contributed by atoms with E-state index in [0.29, 0.717) is 39.4 Å². The van der Waals surface area contributed by atoms with E-state index < -0.39 is 6.10 Å². The fourth-order valence-electron chi connectivity index (χ4n) is 3.30. The van der Waals surface area contributed by atoms with E-state index in [1.165, 1.54) is 19.3 Å². The van der Waals surface area contributed by atoms with E-state index in [0.717, 1.165) is 12.8 Å². The first-order chi connectivity index (χ1) is 12.2. The van der Waals surface area contributed by atoms with Gasteiger partial charge < -0.3 is 15.7 Å². The number of hydrogen-bond acceptors (Lipinski definition) is 6. The second kappa shape index (κ2) is 7.53. The number of rotatable bonds is 4. The van der Waals surface area contributed by atoms with Crippen LogP contribution in [0.4, 0.5) is 11.8 Å². The molecule has 0 aliphatic heterocycles. The summed E-state index contributed by atoms with van der Waals surface area (Å²) in [6, 6.07) is 0.417. The summed E-state index contributed by atoms with van der Waals surface area (Å²) in [7, 11) is 0. The molecule has 2 aromatic heterocycles. The molecule has 2 heterocycles. The zero-order chi connectivity index (χ0) is 18.9. The van der Waals surface area contributed by atoms with Crippen LogP contribution in [0.5, 0.6) is 0 Å². The Morgan fingerprint density at radius 3 is 2.50 bits per heavy atom. The van der Waals surface area contributed by atoms with Gasteiger partial charge in [0.2, 0.25) is 5.95 Å². The number of aliphatic hydroxyl groups excluding tert-OH is 1. The molecule has 2 aromatic rings. The highest BCUT2D eigenvalue weighted by atomic mass is 35.5. The van der Waals surface area contributed by atoms with E-state index in [-0.39, 0.29) is 5.54 Å². The predicted molar refractivity (Wildman–Crippen MR) is 107 cm³/mol. The third-order valence-electron chi connectivity index (χ3n) is 4.53. The standard InChI is InChI=1S/C19H28ClN5O/c1-11(26)15-14(20)13-10-21-18(22-12-8-6-5-7-9-12)24-16(13)17(23-15)25-19(2,3)4/h10-12,26H,5-9H2,1-4H3,(H,23,25)(H,21,22,24). The number of pyridine rings is 1. The highest BCUT2D eigenvalue weighted by molar-refractivity contribution is 6.36. The molecule has 0 spiro atoms. The molecular weight excluding hydrogens is 350 g/mol. The van der Waals surface area contributed by atoms with Crippen LogP contribution < -0.4 is 10.6 Å². The SMILES string of the molecule is CC(O)c1nc(NC(C)(C)C)c2nc(NC3CCCCC3)ncc2c1Cl. The van der Waals surface area contributed by atoms with E-state index in [1.54, 1.807) is 13.1 Å². The Bertz CT molecular complexity index is 782. The van der Waals surface area contributed by atoms with Crippen LogP contribution in [-0.2, 0) is 0 Å². The molecule has 0 aromatic carbocycles. The maximum Gasteiger partial charge on any atom is 0.223 e. The molecule has 7 heteroatoms. The third-order valence-corrected chi connectivity index (χ3v) is 4.93. The van der Waals surface area contributed by atoms with Crippen molar-refractivity contribution in [3.05, 3.63) is 16.9 Å². The Kier molecular flexibility index (Phi) is 5.53. The lowest BCUT2D eigenvalue weighted by atomic mass is 9.96. The molecule has 142 valence electrons. The van der Waals surface area contributed by atoms with Gasteiger partial charge in [0.15, 0.2) is 5.82 Å². The average molecular weight is 378 g/mol. The van der Waals surface area contributed by atoms with E-state index in [1.807, 2.05) is 0 Å². The van der Waals surface area contributed by atoms with Crippen molar-refractivity contribution in [3.8, 4) is 0 Å². The second-order valence-electron chi connectivity index (χ2n) is 8.15. The van der Waals surface area contributed by atoms with Gasteiger partial charge in [-0.2, -0.15) is 0 Å². The molecular formula is C19H28ClN5O. The van der Waals surface area contributed by atoms with Gasteiger partial charge in [-0.05, 0) is 40.5 Å². The molecule has 6 nitrogen and oxygen atoms in total. The minimum atomic E-state index is -0.771. The lowest BCUT2D eigenvalue weighted by Crippen LogP contribution is -2.27. The van der Waals surface area contributed by atoms with Crippen molar-refractivity contribution >= 4 is 34.3 Å². The lowest BCUT2D eigenvalue weighted by Gasteiger charge is -2.25. The smallest absolute Gasteiger partial charge is 0.223 e. The fourth-order valence-corrected chi connectivity index (χ4v) is 3.64. The van der Waals surface area contributed by atoms with Gasteiger partial charge in [-0.25, -0.2) is 15.0 Å². The van der Waals surface area contributed by atoms with Gasteiger partial charge in [0.25, 0.3) is 0 Å². The summed E-state index contributed by atoms with van der Waals surface area (Å²) in [4.78, 5) is 13.7. The monoisotopic (exact) mass is 377 g/mol. The Morgan fingerprint density at radius 1 is 1.19 bits per heavy atom. The molecule has 1 saturated carbocycles. The largest absolute Gasteiger partial charge is 0.387 e. The van der Waals surface area contributed by atoms with Crippen LogP contribution in [-0.4, -0.2) is 31.6 Å². The summed E-state index contributed by atoms with van der Waals surface area (Å²) >= 11 is 6.47. The molecule has 1 unspecified atom stereocenters. The molecule has 0 saturated heterocycles. The van der Waals surface area contributed by atoms with Gasteiger partial charge in [-0.1, -0.05) is 30.9 Å². The predicted octanol–water partition coefficient (Wildman–Crippen LogP) is 4.69. The van der Waals surface area contributed by atoms with Gasteiger partial charge in [-0.3, -0.25) is 0 Å². The van der Waals surface area contributed by atoms with Crippen LogP contribution in [0.2, 0.25) is 5.02 Å². The van der Waals surface area contributed by atoms with E-state index in [9.17, 15) is 5.11 Å². The van der Waals surface area contributed by atoms with Crippen molar-refractivity contribution < 1.29 is 5.11 Å². The molecule has 1 atom stereocenters. The van der Waals surface area contributed by atoms with Crippen molar-refractivity contribution in [1.29, 1.82) is 0 Å². The fraction of sp³-hybridized carbons (Fsp3) is 0.632. The van der Waals surface area contributed by atoms with Crippen LogP contribution in [0, 0.1) is 0 Å². The summed E-state index contributed by atoms with van der Waals surface area (Å²) in [5.41, 5.74) is 0.899. The van der Waals surface area contributed by atoms with Gasteiger partial charge in [-0.15, -0.1) is 0 Å². The quantitative estimate of drug-likeness (QED) is 0.717. The number of aromatic nitrogens is 3. The maximum atomic E-state index is 10.0. The molecule has 0 bridgehead atoms. The Labute approximate surface area is 159 Å². The Hall–Kier alpha value is -1.66. The van der Waals surface area contributed by atoms with E-state index >= 15 is 0 Å². The van der Waals surface area contributed by atoms with Gasteiger partial charge in [0.1, 0.15) is 5.52 Å². The topological polar surface area (TPSA) is 83.0 Å². The molecule has 1 aliphatic rings. The molecule has 26 heavy (non-hydrogen) atoms. The molecule has 3 rings (SSSR count). The zero-order valence-electron chi connectivity index (χ0n) is 15.9. The van der Waals surface area contributed by atoms with E-state index in [4.69, 9.17) is 16.6 Å². The lowest BCUT2D eigenvalue weighted by molar-refractivity contribution is 0.195. The number of nitrogens with zero attached hydrogens (tertiary/aromatic N) is 3. The normalized spacial score (nSPS) is 17.3. The zero-order valence-corrected chi connectivity index (χ0v) is 16.7. The first kappa shape index (κ1) is 19.1. The minimum Gasteiger partial charge on any atom is -0.387 e. The summed E-state index contributed by atoms with van der Waals surface area (Å²) in [6.07, 6.45) is 7.03. The molecule has 1 aliphatic carbocycles. The van der Waals surface area contributed by atoms with Crippen molar-refractivity contribution in [2.45, 2.75) is 77.5 Å². The highest BCUT2D eigenvalue weighted by Gasteiger charge is 2.21.